The molecule has 1 atom stereocenters. The number of aromatic nitrogens is 1. The Bertz CT molecular complexity index is 724. The number of amides is 1. The van der Waals surface area contributed by atoms with Crippen LogP contribution in [0.25, 0.3) is 10.8 Å². The van der Waals surface area contributed by atoms with Crippen molar-refractivity contribution in [2.24, 2.45) is 0 Å². The molecule has 0 radical (unpaired) electrons. The zero-order chi connectivity index (χ0) is 15.9. The monoisotopic (exact) mass is 318 g/mol. The standard InChI is InChI=1S/C17H19ClN2O2/c1-17(2,22)14-8-5-9-20(14)16(21)13-10-11-6-3-4-7-12(11)15(18)19-13/h3-4,6-7,10,14,22H,5,8-9H2,1-2H3. The number of aliphatic hydroxyl groups is 1. The van der Waals surface area contributed by atoms with E-state index in [9.17, 15) is 9.90 Å². The Labute approximate surface area is 134 Å². The second-order valence-corrected chi connectivity index (χ2v) is 6.69. The van der Waals surface area contributed by atoms with Gasteiger partial charge in [0.05, 0.1) is 11.6 Å². The van der Waals surface area contributed by atoms with E-state index in [1.54, 1.807) is 24.8 Å². The lowest BCUT2D eigenvalue weighted by Crippen LogP contribution is -2.48. The number of carbonyl (C=O) groups is 1. The van der Waals surface area contributed by atoms with Crippen LogP contribution < -0.4 is 0 Å². The number of fused-ring (bicyclic) bond motifs is 1. The van der Waals surface area contributed by atoms with E-state index < -0.39 is 5.60 Å². The highest BCUT2D eigenvalue weighted by atomic mass is 35.5. The molecule has 1 aliphatic rings. The van der Waals surface area contributed by atoms with Gasteiger partial charge >= 0.3 is 0 Å². The summed E-state index contributed by atoms with van der Waals surface area (Å²) in [4.78, 5) is 18.8. The average Bonchev–Trinajstić information content (AvgIpc) is 2.96. The molecule has 5 heteroatoms. The van der Waals surface area contributed by atoms with Crippen molar-refractivity contribution in [3.8, 4) is 0 Å². The second kappa shape index (κ2) is 5.52. The van der Waals surface area contributed by atoms with Crippen molar-refractivity contribution in [1.82, 2.24) is 9.88 Å². The Morgan fingerprint density at radius 1 is 1.41 bits per heavy atom. The van der Waals surface area contributed by atoms with Gasteiger partial charge in [0, 0.05) is 11.9 Å². The second-order valence-electron chi connectivity index (χ2n) is 6.33. The molecule has 2 heterocycles. The number of hydrogen-bond acceptors (Lipinski definition) is 3. The highest BCUT2D eigenvalue weighted by Gasteiger charge is 2.39. The lowest BCUT2D eigenvalue weighted by molar-refractivity contribution is 0.000130. The van der Waals surface area contributed by atoms with E-state index in [4.69, 9.17) is 11.6 Å². The third-order valence-electron chi connectivity index (χ3n) is 4.24. The van der Waals surface area contributed by atoms with Gasteiger partial charge in [-0.25, -0.2) is 4.98 Å². The molecule has 3 rings (SSSR count). The normalized spacial score (nSPS) is 18.9. The zero-order valence-electron chi connectivity index (χ0n) is 12.7. The Morgan fingerprint density at radius 3 is 2.86 bits per heavy atom. The van der Waals surface area contributed by atoms with Crippen LogP contribution in [0.3, 0.4) is 0 Å². The first kappa shape index (κ1) is 15.3. The summed E-state index contributed by atoms with van der Waals surface area (Å²) in [6.07, 6.45) is 1.69. The Kier molecular flexibility index (Phi) is 3.83. The van der Waals surface area contributed by atoms with Crippen molar-refractivity contribution in [2.75, 3.05) is 6.54 Å². The minimum absolute atomic E-state index is 0.169. The molecule has 1 N–H and O–H groups in total. The maximum atomic E-state index is 12.8. The van der Waals surface area contributed by atoms with Crippen LogP contribution in [0.4, 0.5) is 0 Å². The number of carbonyl (C=O) groups excluding carboxylic acids is 1. The van der Waals surface area contributed by atoms with E-state index in [1.807, 2.05) is 24.3 Å². The number of pyridine rings is 1. The fraction of sp³-hybridized carbons (Fsp3) is 0.412. The van der Waals surface area contributed by atoms with Crippen molar-refractivity contribution in [2.45, 2.75) is 38.3 Å². The number of rotatable bonds is 2. The Hall–Kier alpha value is -1.65. The molecule has 0 spiro atoms. The maximum Gasteiger partial charge on any atom is 0.272 e. The summed E-state index contributed by atoms with van der Waals surface area (Å²) in [5, 5.41) is 12.3. The van der Waals surface area contributed by atoms with Gasteiger partial charge < -0.3 is 10.0 Å². The fourth-order valence-corrected chi connectivity index (χ4v) is 3.42. The smallest absolute Gasteiger partial charge is 0.272 e. The van der Waals surface area contributed by atoms with Gasteiger partial charge in [0.25, 0.3) is 5.91 Å². The molecular weight excluding hydrogens is 300 g/mol. The number of benzene rings is 1. The van der Waals surface area contributed by atoms with E-state index in [0.29, 0.717) is 17.4 Å². The fourth-order valence-electron chi connectivity index (χ4n) is 3.16. The number of likely N-dealkylation sites (tertiary alicyclic amines) is 1. The van der Waals surface area contributed by atoms with Gasteiger partial charge in [-0.05, 0) is 38.1 Å². The number of nitrogens with zero attached hydrogens (tertiary/aromatic N) is 2. The van der Waals surface area contributed by atoms with Crippen LogP contribution in [0.5, 0.6) is 0 Å². The third-order valence-corrected chi connectivity index (χ3v) is 4.53. The van der Waals surface area contributed by atoms with E-state index in [1.165, 1.54) is 0 Å². The van der Waals surface area contributed by atoms with Crippen molar-refractivity contribution >= 4 is 28.3 Å². The van der Waals surface area contributed by atoms with Crippen LogP contribution in [0.15, 0.2) is 30.3 Å². The van der Waals surface area contributed by atoms with Crippen molar-refractivity contribution in [3.05, 3.63) is 41.2 Å². The molecule has 1 aromatic heterocycles. The lowest BCUT2D eigenvalue weighted by Gasteiger charge is -2.33. The van der Waals surface area contributed by atoms with Crippen LogP contribution in [-0.4, -0.2) is 39.1 Å². The van der Waals surface area contributed by atoms with Gasteiger partial charge in [-0.15, -0.1) is 0 Å². The highest BCUT2D eigenvalue weighted by Crippen LogP contribution is 2.29. The summed E-state index contributed by atoms with van der Waals surface area (Å²) in [5.41, 5.74) is -0.591. The van der Waals surface area contributed by atoms with E-state index >= 15 is 0 Å². The highest BCUT2D eigenvalue weighted by molar-refractivity contribution is 6.34. The van der Waals surface area contributed by atoms with Gasteiger partial charge in [-0.2, -0.15) is 0 Å². The summed E-state index contributed by atoms with van der Waals surface area (Å²) in [6.45, 7) is 4.12. The molecule has 1 aliphatic heterocycles. The Balaban J connectivity index is 1.98. The van der Waals surface area contributed by atoms with E-state index in [2.05, 4.69) is 4.98 Å². The van der Waals surface area contributed by atoms with Crippen LogP contribution in [0, 0.1) is 0 Å². The van der Waals surface area contributed by atoms with Crippen LogP contribution in [0.1, 0.15) is 37.2 Å². The van der Waals surface area contributed by atoms with Crippen molar-refractivity contribution in [3.63, 3.8) is 0 Å². The molecule has 2 aromatic rings. The zero-order valence-corrected chi connectivity index (χ0v) is 13.5. The predicted octanol–water partition coefficient (Wildman–Crippen LogP) is 3.26. The maximum absolute atomic E-state index is 12.8. The number of hydrogen-bond donors (Lipinski definition) is 1. The van der Waals surface area contributed by atoms with Gasteiger partial charge in [0.15, 0.2) is 0 Å². The first-order valence-corrected chi connectivity index (χ1v) is 7.84. The lowest BCUT2D eigenvalue weighted by atomic mass is 9.96. The summed E-state index contributed by atoms with van der Waals surface area (Å²) in [6, 6.07) is 9.17. The van der Waals surface area contributed by atoms with E-state index in [0.717, 1.165) is 23.6 Å². The summed E-state index contributed by atoms with van der Waals surface area (Å²) in [7, 11) is 0. The largest absolute Gasteiger partial charge is 0.388 e. The molecule has 22 heavy (non-hydrogen) atoms. The predicted molar refractivity (Wildman–Crippen MR) is 87.1 cm³/mol. The minimum atomic E-state index is -0.924. The average molecular weight is 319 g/mol. The van der Waals surface area contributed by atoms with Gasteiger partial charge in [0.2, 0.25) is 0 Å². The first-order chi connectivity index (χ1) is 10.4. The van der Waals surface area contributed by atoms with Crippen LogP contribution in [-0.2, 0) is 0 Å². The topological polar surface area (TPSA) is 53.4 Å². The molecule has 116 valence electrons. The Morgan fingerprint density at radius 2 is 2.14 bits per heavy atom. The van der Waals surface area contributed by atoms with Crippen molar-refractivity contribution in [1.29, 1.82) is 0 Å². The molecular formula is C17H19ClN2O2. The third kappa shape index (κ3) is 2.69. The molecule has 4 nitrogen and oxygen atoms in total. The quantitative estimate of drug-likeness (QED) is 0.865. The molecule has 1 saturated heterocycles. The van der Waals surface area contributed by atoms with Crippen LogP contribution in [0.2, 0.25) is 5.15 Å². The molecule has 1 amide bonds. The summed E-state index contributed by atoms with van der Waals surface area (Å²) < 4.78 is 0. The summed E-state index contributed by atoms with van der Waals surface area (Å²) in [5.74, 6) is -0.169. The molecule has 0 saturated carbocycles. The van der Waals surface area contributed by atoms with E-state index in [-0.39, 0.29) is 11.9 Å². The van der Waals surface area contributed by atoms with Crippen molar-refractivity contribution < 1.29 is 9.90 Å². The first-order valence-electron chi connectivity index (χ1n) is 7.46. The molecule has 0 bridgehead atoms. The minimum Gasteiger partial charge on any atom is -0.388 e. The van der Waals surface area contributed by atoms with Crippen LogP contribution >= 0.6 is 11.6 Å². The number of halogens is 1. The molecule has 1 aromatic carbocycles. The van der Waals surface area contributed by atoms with Gasteiger partial charge in [-0.1, -0.05) is 35.9 Å². The molecule has 1 unspecified atom stereocenters. The van der Waals surface area contributed by atoms with Gasteiger partial charge in [-0.3, -0.25) is 4.79 Å². The molecule has 1 fully saturated rings. The SMILES string of the molecule is CC(C)(O)C1CCCN1C(=O)c1cc2ccccc2c(Cl)n1. The summed E-state index contributed by atoms with van der Waals surface area (Å²) >= 11 is 6.21. The van der Waals surface area contributed by atoms with Gasteiger partial charge in [0.1, 0.15) is 10.8 Å². The molecule has 0 aliphatic carbocycles.